The van der Waals surface area contributed by atoms with Crippen LogP contribution in [-0.2, 0) is 13.2 Å². The van der Waals surface area contributed by atoms with Crippen LogP contribution in [-0.4, -0.2) is 20.8 Å². The number of carbonyl (C=O) groups is 1. The van der Waals surface area contributed by atoms with E-state index in [1.165, 1.54) is 24.3 Å². The Hall–Kier alpha value is -4.01. The third-order valence-electron chi connectivity index (χ3n) is 4.55. The molecule has 9 heteroatoms. The number of amides is 1. The Labute approximate surface area is 176 Å². The lowest BCUT2D eigenvalue weighted by molar-refractivity contribution is 0.101. The molecule has 0 aliphatic heterocycles. The zero-order chi connectivity index (χ0) is 21.8. The smallest absolute Gasteiger partial charge is 0.279 e. The Morgan fingerprint density at radius 1 is 1.13 bits per heavy atom. The van der Waals surface area contributed by atoms with Crippen LogP contribution >= 0.6 is 0 Å². The highest BCUT2D eigenvalue weighted by Crippen LogP contribution is 2.21. The topological polar surface area (TPSA) is 82.2 Å². The Morgan fingerprint density at radius 2 is 1.90 bits per heavy atom. The molecule has 158 valence electrons. The SMILES string of the molecule is Cc1onc(C(=O)Nc2ccn(Cc3ccc(F)cc3)n2)c1COc1ccccc1F. The van der Waals surface area contributed by atoms with E-state index in [4.69, 9.17) is 9.26 Å². The quantitative estimate of drug-likeness (QED) is 0.477. The minimum atomic E-state index is -0.531. The van der Waals surface area contributed by atoms with E-state index < -0.39 is 11.7 Å². The van der Waals surface area contributed by atoms with Crippen molar-refractivity contribution < 1.29 is 22.8 Å². The van der Waals surface area contributed by atoms with Crippen molar-refractivity contribution in [2.45, 2.75) is 20.1 Å². The van der Waals surface area contributed by atoms with Crippen molar-refractivity contribution in [3.63, 3.8) is 0 Å². The number of aryl methyl sites for hydroxylation is 1. The van der Waals surface area contributed by atoms with Crippen LogP contribution in [0.2, 0.25) is 0 Å². The van der Waals surface area contributed by atoms with E-state index in [2.05, 4.69) is 15.6 Å². The van der Waals surface area contributed by atoms with E-state index in [0.717, 1.165) is 5.56 Å². The lowest BCUT2D eigenvalue weighted by Crippen LogP contribution is -2.16. The summed E-state index contributed by atoms with van der Waals surface area (Å²) in [5.74, 6) is -0.578. The van der Waals surface area contributed by atoms with Gasteiger partial charge in [-0.05, 0) is 36.8 Å². The van der Waals surface area contributed by atoms with Gasteiger partial charge < -0.3 is 14.6 Å². The number of nitrogens with zero attached hydrogens (tertiary/aromatic N) is 3. The average Bonchev–Trinajstić information content (AvgIpc) is 3.35. The molecule has 0 saturated carbocycles. The summed E-state index contributed by atoms with van der Waals surface area (Å²) < 4.78 is 39.0. The van der Waals surface area contributed by atoms with Crippen LogP contribution in [0.25, 0.3) is 0 Å². The average molecular weight is 424 g/mol. The predicted octanol–water partition coefficient (Wildman–Crippen LogP) is 4.34. The molecule has 0 bridgehead atoms. The number of nitrogens with one attached hydrogen (secondary N) is 1. The van der Waals surface area contributed by atoms with Gasteiger partial charge in [0.25, 0.3) is 5.91 Å². The van der Waals surface area contributed by atoms with E-state index in [1.807, 2.05) is 0 Å². The number of benzene rings is 2. The van der Waals surface area contributed by atoms with Crippen LogP contribution in [0.5, 0.6) is 5.75 Å². The molecule has 7 nitrogen and oxygen atoms in total. The summed E-state index contributed by atoms with van der Waals surface area (Å²) in [6, 6.07) is 13.7. The lowest BCUT2D eigenvalue weighted by atomic mass is 10.2. The van der Waals surface area contributed by atoms with Gasteiger partial charge in [0.15, 0.2) is 23.1 Å². The number of anilines is 1. The summed E-state index contributed by atoms with van der Waals surface area (Å²) in [5.41, 5.74) is 1.30. The summed E-state index contributed by atoms with van der Waals surface area (Å²) in [6.45, 7) is 1.97. The monoisotopic (exact) mass is 424 g/mol. The minimum Gasteiger partial charge on any atom is -0.486 e. The van der Waals surface area contributed by atoms with Gasteiger partial charge in [0.05, 0.1) is 12.1 Å². The van der Waals surface area contributed by atoms with Crippen LogP contribution in [0.4, 0.5) is 14.6 Å². The van der Waals surface area contributed by atoms with Crippen molar-refractivity contribution >= 4 is 11.7 Å². The highest BCUT2D eigenvalue weighted by Gasteiger charge is 2.21. The van der Waals surface area contributed by atoms with E-state index in [9.17, 15) is 13.6 Å². The van der Waals surface area contributed by atoms with E-state index >= 15 is 0 Å². The predicted molar refractivity (Wildman–Crippen MR) is 108 cm³/mol. The normalized spacial score (nSPS) is 10.8. The van der Waals surface area contributed by atoms with E-state index in [1.54, 1.807) is 48.1 Å². The van der Waals surface area contributed by atoms with Crippen molar-refractivity contribution in [3.8, 4) is 5.75 Å². The van der Waals surface area contributed by atoms with Gasteiger partial charge in [-0.25, -0.2) is 8.78 Å². The van der Waals surface area contributed by atoms with Crippen LogP contribution in [0.3, 0.4) is 0 Å². The summed E-state index contributed by atoms with van der Waals surface area (Å²) in [5, 5.41) is 10.7. The molecule has 2 aromatic carbocycles. The second kappa shape index (κ2) is 8.78. The molecule has 1 amide bonds. The number of hydrogen-bond donors (Lipinski definition) is 1. The zero-order valence-corrected chi connectivity index (χ0v) is 16.5. The molecule has 0 fully saturated rings. The van der Waals surface area contributed by atoms with Gasteiger partial charge >= 0.3 is 0 Å². The Balaban J connectivity index is 1.43. The minimum absolute atomic E-state index is 0.0296. The molecular weight excluding hydrogens is 406 g/mol. The first-order valence-electron chi connectivity index (χ1n) is 9.41. The molecule has 2 aromatic heterocycles. The van der Waals surface area contributed by atoms with Crippen molar-refractivity contribution in [2.24, 2.45) is 0 Å². The number of para-hydroxylation sites is 1. The summed E-state index contributed by atoms with van der Waals surface area (Å²) in [4.78, 5) is 12.7. The molecule has 4 aromatic rings. The van der Waals surface area contributed by atoms with E-state index in [0.29, 0.717) is 23.7 Å². The van der Waals surface area contributed by atoms with Crippen molar-refractivity contribution in [2.75, 3.05) is 5.32 Å². The second-order valence-corrected chi connectivity index (χ2v) is 6.76. The highest BCUT2D eigenvalue weighted by molar-refractivity contribution is 6.03. The molecule has 4 rings (SSSR count). The third kappa shape index (κ3) is 4.77. The molecule has 0 radical (unpaired) electrons. The highest BCUT2D eigenvalue weighted by atomic mass is 19.1. The number of rotatable bonds is 7. The molecule has 0 atom stereocenters. The number of ether oxygens (including phenoxy) is 1. The molecular formula is C22H18F2N4O3. The Morgan fingerprint density at radius 3 is 2.68 bits per heavy atom. The van der Waals surface area contributed by atoms with Gasteiger partial charge in [0, 0.05) is 12.3 Å². The largest absolute Gasteiger partial charge is 0.486 e. The summed E-state index contributed by atoms with van der Waals surface area (Å²) in [6.07, 6.45) is 1.69. The van der Waals surface area contributed by atoms with Crippen LogP contribution in [0.15, 0.2) is 65.3 Å². The summed E-state index contributed by atoms with van der Waals surface area (Å²) in [7, 11) is 0. The maximum atomic E-state index is 13.8. The number of carbonyl (C=O) groups excluding carboxylic acids is 1. The lowest BCUT2D eigenvalue weighted by Gasteiger charge is -2.07. The standard InChI is InChI=1S/C22H18F2N4O3/c1-14-17(13-30-19-5-3-2-4-18(19)24)21(27-31-14)22(29)25-20-10-11-28(26-20)12-15-6-8-16(23)9-7-15/h2-11H,12-13H2,1H3,(H,25,26,29). The van der Waals surface area contributed by atoms with Crippen LogP contribution in [0, 0.1) is 18.6 Å². The molecule has 31 heavy (non-hydrogen) atoms. The van der Waals surface area contributed by atoms with Gasteiger partial charge in [-0.15, -0.1) is 0 Å². The van der Waals surface area contributed by atoms with Crippen molar-refractivity contribution in [3.05, 3.63) is 95.0 Å². The fraction of sp³-hybridized carbons (Fsp3) is 0.136. The van der Waals surface area contributed by atoms with E-state index in [-0.39, 0.29) is 23.9 Å². The molecule has 0 spiro atoms. The first-order valence-corrected chi connectivity index (χ1v) is 9.41. The second-order valence-electron chi connectivity index (χ2n) is 6.76. The maximum Gasteiger partial charge on any atom is 0.279 e. The van der Waals surface area contributed by atoms with Gasteiger partial charge in [0.1, 0.15) is 18.2 Å². The fourth-order valence-corrected chi connectivity index (χ4v) is 2.92. The Kier molecular flexibility index (Phi) is 5.74. The molecule has 0 saturated heterocycles. The number of aromatic nitrogens is 3. The van der Waals surface area contributed by atoms with Crippen molar-refractivity contribution in [1.29, 1.82) is 0 Å². The maximum absolute atomic E-state index is 13.8. The first kappa shape index (κ1) is 20.3. The molecule has 0 aliphatic rings. The van der Waals surface area contributed by atoms with Gasteiger partial charge in [-0.1, -0.05) is 29.4 Å². The van der Waals surface area contributed by atoms with Gasteiger partial charge in [-0.3, -0.25) is 9.48 Å². The molecule has 0 aliphatic carbocycles. The van der Waals surface area contributed by atoms with Crippen molar-refractivity contribution in [1.82, 2.24) is 14.9 Å². The number of halogens is 2. The molecule has 2 heterocycles. The van der Waals surface area contributed by atoms with Crippen LogP contribution in [0.1, 0.15) is 27.4 Å². The fourth-order valence-electron chi connectivity index (χ4n) is 2.92. The molecule has 0 unspecified atom stereocenters. The molecule has 1 N–H and O–H groups in total. The van der Waals surface area contributed by atoms with Gasteiger partial charge in [0.2, 0.25) is 0 Å². The third-order valence-corrected chi connectivity index (χ3v) is 4.55. The number of hydrogen-bond acceptors (Lipinski definition) is 5. The Bertz CT molecular complexity index is 1200. The zero-order valence-electron chi connectivity index (χ0n) is 16.5. The summed E-state index contributed by atoms with van der Waals surface area (Å²) >= 11 is 0. The van der Waals surface area contributed by atoms with Gasteiger partial charge in [-0.2, -0.15) is 5.10 Å². The first-order chi connectivity index (χ1) is 15.0. The van der Waals surface area contributed by atoms with Crippen LogP contribution < -0.4 is 10.1 Å².